The first kappa shape index (κ1) is 11.9. The van der Waals surface area contributed by atoms with Crippen LogP contribution >= 0.6 is 0 Å². The van der Waals surface area contributed by atoms with E-state index in [-0.39, 0.29) is 30.0 Å². The van der Waals surface area contributed by atoms with E-state index in [0.29, 0.717) is 5.92 Å². The highest BCUT2D eigenvalue weighted by atomic mass is 16.5. The van der Waals surface area contributed by atoms with Crippen LogP contribution in [0.3, 0.4) is 0 Å². The van der Waals surface area contributed by atoms with Crippen LogP contribution in [0.4, 0.5) is 0 Å². The Labute approximate surface area is 96.9 Å². The number of carbonyl (C=O) groups excluding carboxylic acids is 1. The largest absolute Gasteiger partial charge is 0.376 e. The molecule has 1 aliphatic heterocycles. The SMILES string of the molecule is CCC(C)C(=O)NC1C(N)C2CCCOC21. The van der Waals surface area contributed by atoms with E-state index in [1.165, 1.54) is 0 Å². The van der Waals surface area contributed by atoms with E-state index in [2.05, 4.69) is 5.32 Å². The Balaban J connectivity index is 1.88. The summed E-state index contributed by atoms with van der Waals surface area (Å²) in [5, 5.41) is 3.03. The Morgan fingerprint density at radius 2 is 2.38 bits per heavy atom. The summed E-state index contributed by atoms with van der Waals surface area (Å²) >= 11 is 0. The van der Waals surface area contributed by atoms with Crippen LogP contribution < -0.4 is 11.1 Å². The topological polar surface area (TPSA) is 64.4 Å². The summed E-state index contributed by atoms with van der Waals surface area (Å²) in [4.78, 5) is 11.8. The van der Waals surface area contributed by atoms with Gasteiger partial charge < -0.3 is 15.8 Å². The fourth-order valence-electron chi connectivity index (χ4n) is 2.62. The number of nitrogens with one attached hydrogen (secondary N) is 1. The van der Waals surface area contributed by atoms with Crippen molar-refractivity contribution in [1.82, 2.24) is 5.32 Å². The number of amides is 1. The minimum absolute atomic E-state index is 0.0341. The molecule has 1 aliphatic carbocycles. The summed E-state index contributed by atoms with van der Waals surface area (Å²) in [7, 11) is 0. The third-order valence-electron chi connectivity index (χ3n) is 4.05. The van der Waals surface area contributed by atoms with E-state index in [1.807, 2.05) is 13.8 Å². The maximum atomic E-state index is 11.8. The van der Waals surface area contributed by atoms with Gasteiger partial charge >= 0.3 is 0 Å². The molecule has 92 valence electrons. The van der Waals surface area contributed by atoms with E-state index in [0.717, 1.165) is 25.9 Å². The average molecular weight is 226 g/mol. The second-order valence-electron chi connectivity index (χ2n) is 5.06. The smallest absolute Gasteiger partial charge is 0.223 e. The van der Waals surface area contributed by atoms with Crippen LogP contribution in [0.25, 0.3) is 0 Å². The predicted octanol–water partition coefficient (Wildman–Crippen LogP) is 0.653. The third kappa shape index (κ3) is 1.96. The molecule has 16 heavy (non-hydrogen) atoms. The summed E-state index contributed by atoms with van der Waals surface area (Å²) in [6.07, 6.45) is 3.27. The molecule has 4 heteroatoms. The highest BCUT2D eigenvalue weighted by Gasteiger charge is 2.51. The zero-order chi connectivity index (χ0) is 11.7. The molecule has 0 aromatic heterocycles. The minimum atomic E-state index is 0.0341. The number of fused-ring (bicyclic) bond motifs is 1. The Morgan fingerprint density at radius 3 is 3.06 bits per heavy atom. The summed E-state index contributed by atoms with van der Waals surface area (Å²) in [5.74, 6) is 0.626. The van der Waals surface area contributed by atoms with Crippen LogP contribution in [0.15, 0.2) is 0 Å². The number of rotatable bonds is 3. The van der Waals surface area contributed by atoms with Crippen molar-refractivity contribution in [3.05, 3.63) is 0 Å². The molecule has 0 bridgehead atoms. The lowest BCUT2D eigenvalue weighted by Crippen LogP contribution is -2.72. The maximum Gasteiger partial charge on any atom is 0.223 e. The van der Waals surface area contributed by atoms with Gasteiger partial charge in [-0.2, -0.15) is 0 Å². The molecule has 3 N–H and O–H groups in total. The first-order valence-electron chi connectivity index (χ1n) is 6.32. The molecule has 0 radical (unpaired) electrons. The number of carbonyl (C=O) groups is 1. The molecule has 2 aliphatic rings. The van der Waals surface area contributed by atoms with Gasteiger partial charge in [-0.3, -0.25) is 4.79 Å². The highest BCUT2D eigenvalue weighted by molar-refractivity contribution is 5.78. The van der Waals surface area contributed by atoms with Gasteiger partial charge in [0.2, 0.25) is 5.91 Å². The second-order valence-corrected chi connectivity index (χ2v) is 5.06. The van der Waals surface area contributed by atoms with Crippen LogP contribution in [0.1, 0.15) is 33.1 Å². The summed E-state index contributed by atoms with van der Waals surface area (Å²) < 4.78 is 5.68. The van der Waals surface area contributed by atoms with Crippen molar-refractivity contribution in [3.8, 4) is 0 Å². The number of nitrogens with two attached hydrogens (primary N) is 1. The van der Waals surface area contributed by atoms with Crippen molar-refractivity contribution in [2.45, 2.75) is 51.3 Å². The molecule has 1 heterocycles. The first-order valence-corrected chi connectivity index (χ1v) is 6.32. The fraction of sp³-hybridized carbons (Fsp3) is 0.917. The van der Waals surface area contributed by atoms with Gasteiger partial charge in [0.15, 0.2) is 0 Å². The standard InChI is InChI=1S/C12H22N2O2/c1-3-7(2)12(15)14-10-9(13)8-5-4-6-16-11(8)10/h7-11H,3-6,13H2,1-2H3,(H,14,15). The molecule has 1 saturated heterocycles. The van der Waals surface area contributed by atoms with Crippen molar-refractivity contribution >= 4 is 5.91 Å². The Morgan fingerprint density at radius 1 is 1.62 bits per heavy atom. The zero-order valence-corrected chi connectivity index (χ0v) is 10.1. The molecule has 2 fully saturated rings. The molecule has 4 nitrogen and oxygen atoms in total. The van der Waals surface area contributed by atoms with Crippen molar-refractivity contribution < 1.29 is 9.53 Å². The highest BCUT2D eigenvalue weighted by Crippen LogP contribution is 2.37. The molecule has 5 atom stereocenters. The average Bonchev–Trinajstić information content (AvgIpc) is 2.34. The molecule has 1 amide bonds. The Hall–Kier alpha value is -0.610. The molecule has 2 rings (SSSR count). The van der Waals surface area contributed by atoms with Crippen LogP contribution in [-0.4, -0.2) is 30.7 Å². The van der Waals surface area contributed by atoms with E-state index < -0.39 is 0 Å². The van der Waals surface area contributed by atoms with Crippen LogP contribution in [-0.2, 0) is 9.53 Å². The quantitative estimate of drug-likeness (QED) is 0.743. The normalized spacial score (nSPS) is 39.4. The van der Waals surface area contributed by atoms with Gasteiger partial charge in [-0.1, -0.05) is 13.8 Å². The predicted molar refractivity (Wildman–Crippen MR) is 61.8 cm³/mol. The monoisotopic (exact) mass is 226 g/mol. The molecule has 5 unspecified atom stereocenters. The van der Waals surface area contributed by atoms with Crippen molar-refractivity contribution in [2.24, 2.45) is 17.6 Å². The Bertz CT molecular complexity index is 270. The molecular weight excluding hydrogens is 204 g/mol. The summed E-state index contributed by atoms with van der Waals surface area (Å²) in [5.41, 5.74) is 6.07. The van der Waals surface area contributed by atoms with Gasteiger partial charge in [-0.25, -0.2) is 0 Å². The van der Waals surface area contributed by atoms with Crippen LogP contribution in [0, 0.1) is 11.8 Å². The van der Waals surface area contributed by atoms with E-state index in [1.54, 1.807) is 0 Å². The van der Waals surface area contributed by atoms with Crippen LogP contribution in [0.2, 0.25) is 0 Å². The summed E-state index contributed by atoms with van der Waals surface area (Å²) in [6, 6.07) is 0.116. The number of hydrogen-bond acceptors (Lipinski definition) is 3. The number of ether oxygens (including phenoxy) is 1. The van der Waals surface area contributed by atoms with E-state index >= 15 is 0 Å². The molecule has 0 aromatic carbocycles. The molecule has 0 aromatic rings. The maximum absolute atomic E-state index is 11.8. The first-order chi connectivity index (χ1) is 7.65. The van der Waals surface area contributed by atoms with Crippen molar-refractivity contribution in [1.29, 1.82) is 0 Å². The van der Waals surface area contributed by atoms with Gasteiger partial charge in [0.1, 0.15) is 0 Å². The summed E-state index contributed by atoms with van der Waals surface area (Å²) in [6.45, 7) is 4.77. The lowest BCUT2D eigenvalue weighted by molar-refractivity contribution is -0.141. The molecule has 0 spiro atoms. The zero-order valence-electron chi connectivity index (χ0n) is 10.1. The van der Waals surface area contributed by atoms with Crippen LogP contribution in [0.5, 0.6) is 0 Å². The lowest BCUT2D eigenvalue weighted by Gasteiger charge is -2.52. The second kappa shape index (κ2) is 4.72. The van der Waals surface area contributed by atoms with E-state index in [4.69, 9.17) is 10.5 Å². The van der Waals surface area contributed by atoms with Gasteiger partial charge in [-0.05, 0) is 19.3 Å². The minimum Gasteiger partial charge on any atom is -0.376 e. The molecular formula is C12H22N2O2. The van der Waals surface area contributed by atoms with Crippen molar-refractivity contribution in [3.63, 3.8) is 0 Å². The third-order valence-corrected chi connectivity index (χ3v) is 4.05. The Kier molecular flexibility index (Phi) is 3.50. The van der Waals surface area contributed by atoms with Gasteiger partial charge in [0, 0.05) is 24.5 Å². The molecule has 1 saturated carbocycles. The van der Waals surface area contributed by atoms with Gasteiger partial charge in [0.05, 0.1) is 12.1 Å². The van der Waals surface area contributed by atoms with Gasteiger partial charge in [-0.15, -0.1) is 0 Å². The van der Waals surface area contributed by atoms with Crippen molar-refractivity contribution in [2.75, 3.05) is 6.61 Å². The fourth-order valence-corrected chi connectivity index (χ4v) is 2.62. The lowest BCUT2D eigenvalue weighted by atomic mass is 9.68. The number of hydrogen-bond donors (Lipinski definition) is 2. The van der Waals surface area contributed by atoms with E-state index in [9.17, 15) is 4.79 Å². The van der Waals surface area contributed by atoms with Gasteiger partial charge in [0.25, 0.3) is 0 Å².